The number of halogens is 1. The number of hydrogen-bond donors (Lipinski definition) is 1. The average molecular weight is 573 g/mol. The molecule has 0 heterocycles. The van der Waals surface area contributed by atoms with Crippen LogP contribution in [0.2, 0.25) is 0 Å². The van der Waals surface area contributed by atoms with E-state index in [0.29, 0.717) is 41.4 Å². The molecule has 0 radical (unpaired) electrons. The van der Waals surface area contributed by atoms with Gasteiger partial charge in [-0.15, -0.1) is 0 Å². The fraction of sp³-hybridized carbons (Fsp3) is 0.100. The molecule has 0 aliphatic heterocycles. The van der Waals surface area contributed by atoms with E-state index in [-0.39, 0.29) is 5.75 Å². The summed E-state index contributed by atoms with van der Waals surface area (Å²) < 4.78 is 17.6. The first-order valence-electron chi connectivity index (χ1n) is 11.9. The summed E-state index contributed by atoms with van der Waals surface area (Å²) in [4.78, 5) is 25.5. The fourth-order valence-electron chi connectivity index (χ4n) is 3.46. The van der Waals surface area contributed by atoms with Gasteiger partial charge in [-0.1, -0.05) is 58.4 Å². The van der Waals surface area contributed by atoms with Crippen LogP contribution in [-0.2, 0) is 6.61 Å². The van der Waals surface area contributed by atoms with Crippen LogP contribution < -0.4 is 19.6 Å². The normalized spacial score (nSPS) is 10.7. The summed E-state index contributed by atoms with van der Waals surface area (Å²) in [5, 5.41) is 4.08. The van der Waals surface area contributed by atoms with Crippen LogP contribution in [-0.4, -0.2) is 24.7 Å². The van der Waals surface area contributed by atoms with E-state index in [1.54, 1.807) is 66.7 Å². The van der Waals surface area contributed by atoms with Crippen molar-refractivity contribution < 1.29 is 23.8 Å². The van der Waals surface area contributed by atoms with Gasteiger partial charge in [0.15, 0.2) is 0 Å². The predicted molar refractivity (Wildman–Crippen MR) is 149 cm³/mol. The van der Waals surface area contributed by atoms with Gasteiger partial charge in [0.2, 0.25) is 0 Å². The van der Waals surface area contributed by atoms with E-state index >= 15 is 0 Å². The van der Waals surface area contributed by atoms with Crippen molar-refractivity contribution in [1.29, 1.82) is 0 Å². The Morgan fingerprint density at radius 3 is 2.37 bits per heavy atom. The zero-order chi connectivity index (χ0) is 26.7. The Balaban J connectivity index is 1.43. The number of esters is 1. The monoisotopic (exact) mass is 572 g/mol. The van der Waals surface area contributed by atoms with E-state index in [0.717, 1.165) is 10.0 Å². The summed E-state index contributed by atoms with van der Waals surface area (Å²) in [7, 11) is 0. The lowest BCUT2D eigenvalue weighted by atomic mass is 10.2. The van der Waals surface area contributed by atoms with Crippen molar-refractivity contribution in [3.63, 3.8) is 0 Å². The van der Waals surface area contributed by atoms with Crippen LogP contribution in [0.4, 0.5) is 0 Å². The number of para-hydroxylation sites is 1. The minimum absolute atomic E-state index is 0.289. The van der Waals surface area contributed by atoms with Gasteiger partial charge in [-0.25, -0.2) is 10.2 Å². The molecule has 7 nitrogen and oxygen atoms in total. The van der Waals surface area contributed by atoms with Crippen LogP contribution in [0, 0.1) is 0 Å². The van der Waals surface area contributed by atoms with Crippen LogP contribution in [0.1, 0.15) is 38.8 Å². The van der Waals surface area contributed by atoms with Gasteiger partial charge >= 0.3 is 5.97 Å². The Labute approximate surface area is 229 Å². The Morgan fingerprint density at radius 1 is 0.868 bits per heavy atom. The van der Waals surface area contributed by atoms with Gasteiger partial charge in [0.25, 0.3) is 5.91 Å². The van der Waals surface area contributed by atoms with Crippen LogP contribution in [0.15, 0.2) is 107 Å². The Kier molecular flexibility index (Phi) is 9.26. The molecule has 4 rings (SSSR count). The van der Waals surface area contributed by atoms with Crippen LogP contribution in [0.3, 0.4) is 0 Å². The van der Waals surface area contributed by atoms with E-state index in [4.69, 9.17) is 14.2 Å². The van der Waals surface area contributed by atoms with Crippen molar-refractivity contribution in [1.82, 2.24) is 5.43 Å². The standard InChI is InChI=1S/C30H25BrN2O5/c1-2-36-25-15-12-22(13-16-25)30(35)38-27-17-14-24(31)18-23(27)19-32-33-29(34)26-10-6-7-11-28(26)37-20-21-8-4-3-5-9-21/h3-19H,2,20H2,1H3,(H,33,34)/b32-19+. The number of hydrazone groups is 1. The Bertz CT molecular complexity index is 1420. The minimum Gasteiger partial charge on any atom is -0.494 e. The quantitative estimate of drug-likeness (QED) is 0.103. The highest BCUT2D eigenvalue weighted by atomic mass is 79.9. The van der Waals surface area contributed by atoms with Gasteiger partial charge in [0.05, 0.1) is 23.9 Å². The number of nitrogens with one attached hydrogen (secondary N) is 1. The highest BCUT2D eigenvalue weighted by Gasteiger charge is 2.14. The molecule has 0 aliphatic carbocycles. The number of rotatable bonds is 10. The highest BCUT2D eigenvalue weighted by Crippen LogP contribution is 2.24. The molecule has 1 amide bonds. The number of carbonyl (C=O) groups is 2. The van der Waals surface area contributed by atoms with Crippen molar-refractivity contribution in [2.24, 2.45) is 5.10 Å². The average Bonchev–Trinajstić information content (AvgIpc) is 2.94. The van der Waals surface area contributed by atoms with E-state index < -0.39 is 11.9 Å². The van der Waals surface area contributed by atoms with Gasteiger partial charge in [0, 0.05) is 10.0 Å². The highest BCUT2D eigenvalue weighted by molar-refractivity contribution is 9.10. The molecule has 0 atom stereocenters. The summed E-state index contributed by atoms with van der Waals surface area (Å²) >= 11 is 3.41. The van der Waals surface area contributed by atoms with E-state index in [2.05, 4.69) is 26.5 Å². The smallest absolute Gasteiger partial charge is 0.343 e. The molecule has 38 heavy (non-hydrogen) atoms. The van der Waals surface area contributed by atoms with Gasteiger partial charge in [-0.2, -0.15) is 5.10 Å². The van der Waals surface area contributed by atoms with Crippen molar-refractivity contribution in [2.45, 2.75) is 13.5 Å². The Morgan fingerprint density at radius 2 is 1.61 bits per heavy atom. The fourth-order valence-corrected chi connectivity index (χ4v) is 3.84. The first kappa shape index (κ1) is 26.6. The molecule has 0 fully saturated rings. The maximum Gasteiger partial charge on any atom is 0.343 e. The number of hydrogen-bond acceptors (Lipinski definition) is 6. The molecule has 192 valence electrons. The molecule has 0 aliphatic rings. The number of nitrogens with zero attached hydrogens (tertiary/aromatic N) is 1. The zero-order valence-corrected chi connectivity index (χ0v) is 22.2. The number of carbonyl (C=O) groups excluding carboxylic acids is 2. The largest absolute Gasteiger partial charge is 0.494 e. The van der Waals surface area contributed by atoms with Crippen LogP contribution in [0.5, 0.6) is 17.2 Å². The molecule has 0 bridgehead atoms. The number of benzene rings is 4. The van der Waals surface area contributed by atoms with Crippen molar-refractivity contribution in [3.8, 4) is 17.2 Å². The Hall–Kier alpha value is -4.43. The molecule has 1 N–H and O–H groups in total. The predicted octanol–water partition coefficient (Wildman–Crippen LogP) is 6.41. The summed E-state index contributed by atoms with van der Waals surface area (Å²) in [6.07, 6.45) is 1.41. The van der Waals surface area contributed by atoms with Gasteiger partial charge in [-0.05, 0) is 67.1 Å². The van der Waals surface area contributed by atoms with E-state index in [1.807, 2.05) is 37.3 Å². The SMILES string of the molecule is CCOc1ccc(C(=O)Oc2ccc(Br)cc2/C=N/NC(=O)c2ccccc2OCc2ccccc2)cc1. The molecular weight excluding hydrogens is 548 g/mol. The molecule has 0 saturated carbocycles. The number of amides is 1. The second-order valence-electron chi connectivity index (χ2n) is 8.00. The lowest BCUT2D eigenvalue weighted by Gasteiger charge is -2.11. The number of ether oxygens (including phenoxy) is 3. The van der Waals surface area contributed by atoms with E-state index in [9.17, 15) is 9.59 Å². The summed E-state index contributed by atoms with van der Waals surface area (Å²) in [5.74, 6) is 0.433. The molecule has 8 heteroatoms. The molecule has 0 saturated heterocycles. The molecular formula is C30H25BrN2O5. The summed E-state index contributed by atoms with van der Waals surface area (Å²) in [6.45, 7) is 2.75. The second-order valence-corrected chi connectivity index (χ2v) is 8.91. The van der Waals surface area contributed by atoms with Gasteiger partial charge < -0.3 is 14.2 Å². The summed E-state index contributed by atoms with van der Waals surface area (Å²) in [6, 6.07) is 28.4. The van der Waals surface area contributed by atoms with Gasteiger partial charge in [-0.3, -0.25) is 4.79 Å². The maximum atomic E-state index is 12.8. The third-order valence-corrected chi connectivity index (χ3v) is 5.81. The zero-order valence-electron chi connectivity index (χ0n) is 20.6. The first-order chi connectivity index (χ1) is 18.5. The third kappa shape index (κ3) is 7.30. The van der Waals surface area contributed by atoms with Crippen molar-refractivity contribution in [2.75, 3.05) is 6.61 Å². The molecule has 0 unspecified atom stereocenters. The first-order valence-corrected chi connectivity index (χ1v) is 12.7. The summed E-state index contributed by atoms with van der Waals surface area (Å²) in [5.41, 5.74) is 4.72. The molecule has 4 aromatic rings. The van der Waals surface area contributed by atoms with E-state index in [1.165, 1.54) is 6.21 Å². The second kappa shape index (κ2) is 13.2. The maximum absolute atomic E-state index is 12.8. The lowest BCUT2D eigenvalue weighted by Crippen LogP contribution is -2.19. The topological polar surface area (TPSA) is 86.2 Å². The third-order valence-electron chi connectivity index (χ3n) is 5.31. The molecule has 0 aromatic heterocycles. The van der Waals surface area contributed by atoms with Crippen molar-refractivity contribution >= 4 is 34.0 Å². The van der Waals surface area contributed by atoms with Crippen molar-refractivity contribution in [3.05, 3.63) is 124 Å². The lowest BCUT2D eigenvalue weighted by molar-refractivity contribution is 0.0734. The molecule has 4 aromatic carbocycles. The van der Waals surface area contributed by atoms with Crippen LogP contribution in [0.25, 0.3) is 0 Å². The van der Waals surface area contributed by atoms with Crippen LogP contribution >= 0.6 is 15.9 Å². The minimum atomic E-state index is -0.529. The van der Waals surface area contributed by atoms with Gasteiger partial charge in [0.1, 0.15) is 23.9 Å². The molecule has 0 spiro atoms.